The summed E-state index contributed by atoms with van der Waals surface area (Å²) in [7, 11) is 1.92. The average Bonchev–Trinajstić information content (AvgIpc) is 3.17. The number of rotatable bonds is 5. The Bertz CT molecular complexity index is 539. The predicted octanol–water partition coefficient (Wildman–Crippen LogP) is 1.56. The number of halogens is 2. The van der Waals surface area contributed by atoms with Gasteiger partial charge in [0.2, 0.25) is 5.91 Å². The van der Waals surface area contributed by atoms with E-state index in [0.717, 1.165) is 31.7 Å². The molecular formula is C17H31Cl2N5O. The van der Waals surface area contributed by atoms with Crippen molar-refractivity contribution in [2.24, 2.45) is 13.0 Å². The Morgan fingerprint density at radius 1 is 1.36 bits per heavy atom. The Morgan fingerprint density at radius 3 is 2.84 bits per heavy atom. The molecule has 8 heteroatoms. The van der Waals surface area contributed by atoms with Crippen molar-refractivity contribution < 1.29 is 4.79 Å². The van der Waals surface area contributed by atoms with Crippen LogP contribution in [-0.2, 0) is 11.8 Å². The zero-order valence-corrected chi connectivity index (χ0v) is 16.7. The van der Waals surface area contributed by atoms with Crippen molar-refractivity contribution in [2.45, 2.75) is 38.1 Å². The van der Waals surface area contributed by atoms with E-state index in [1.165, 1.54) is 25.8 Å². The van der Waals surface area contributed by atoms with Crippen LogP contribution in [-0.4, -0.2) is 59.4 Å². The smallest absolute Gasteiger partial charge is 0.225 e. The van der Waals surface area contributed by atoms with Gasteiger partial charge in [0.25, 0.3) is 0 Å². The number of nitrogens with zero attached hydrogens (tertiary/aromatic N) is 3. The molecule has 1 amide bonds. The van der Waals surface area contributed by atoms with Crippen LogP contribution in [0.1, 0.15) is 37.7 Å². The number of hydrogen-bond donors (Lipinski definition) is 2. The zero-order chi connectivity index (χ0) is 16.2. The molecule has 3 rings (SSSR count). The van der Waals surface area contributed by atoms with Gasteiger partial charge in [-0.3, -0.25) is 14.4 Å². The molecule has 0 bridgehead atoms. The number of likely N-dealkylation sites (tertiary alicyclic amines) is 1. The SMILES string of the molecule is CC1CCCCN1CCNC(=O)[C@H]1CNC[C@@H]1c1cnn(C)c1.Cl.Cl. The summed E-state index contributed by atoms with van der Waals surface area (Å²) in [6, 6.07) is 0.650. The Morgan fingerprint density at radius 2 is 2.16 bits per heavy atom. The Hall–Kier alpha value is -0.820. The van der Waals surface area contributed by atoms with E-state index in [-0.39, 0.29) is 42.6 Å². The number of hydrogen-bond acceptors (Lipinski definition) is 4. The molecule has 2 saturated heterocycles. The molecule has 3 atom stereocenters. The van der Waals surface area contributed by atoms with Crippen LogP contribution in [0.15, 0.2) is 12.4 Å². The summed E-state index contributed by atoms with van der Waals surface area (Å²) in [5, 5.41) is 10.7. The molecule has 0 spiro atoms. The number of aromatic nitrogens is 2. The maximum atomic E-state index is 12.6. The molecule has 2 N–H and O–H groups in total. The molecule has 1 aromatic rings. The summed E-state index contributed by atoms with van der Waals surface area (Å²) < 4.78 is 1.81. The number of carbonyl (C=O) groups excluding carboxylic acids is 1. The lowest BCUT2D eigenvalue weighted by Crippen LogP contribution is -2.44. The first-order chi connectivity index (χ1) is 11.1. The van der Waals surface area contributed by atoms with Crippen molar-refractivity contribution in [3.8, 4) is 0 Å². The zero-order valence-electron chi connectivity index (χ0n) is 15.1. The van der Waals surface area contributed by atoms with Gasteiger partial charge in [0.1, 0.15) is 0 Å². The monoisotopic (exact) mass is 391 g/mol. The predicted molar refractivity (Wildman–Crippen MR) is 105 cm³/mol. The maximum absolute atomic E-state index is 12.6. The van der Waals surface area contributed by atoms with Crippen LogP contribution >= 0.6 is 24.8 Å². The van der Waals surface area contributed by atoms with E-state index in [1.54, 1.807) is 4.68 Å². The summed E-state index contributed by atoms with van der Waals surface area (Å²) in [5.74, 6) is 0.420. The van der Waals surface area contributed by atoms with E-state index < -0.39 is 0 Å². The average molecular weight is 392 g/mol. The molecule has 2 aliphatic heterocycles. The second-order valence-electron chi connectivity index (χ2n) is 6.99. The first-order valence-corrected chi connectivity index (χ1v) is 8.86. The highest BCUT2D eigenvalue weighted by Gasteiger charge is 2.34. The molecule has 2 aliphatic rings. The van der Waals surface area contributed by atoms with E-state index in [4.69, 9.17) is 0 Å². The maximum Gasteiger partial charge on any atom is 0.225 e. The Kier molecular flexibility index (Phi) is 9.21. The molecule has 2 fully saturated rings. The van der Waals surface area contributed by atoms with E-state index >= 15 is 0 Å². The van der Waals surface area contributed by atoms with E-state index in [0.29, 0.717) is 6.04 Å². The lowest BCUT2D eigenvalue weighted by molar-refractivity contribution is -0.124. The number of piperidine rings is 1. The highest BCUT2D eigenvalue weighted by molar-refractivity contribution is 5.85. The molecule has 6 nitrogen and oxygen atoms in total. The van der Waals surface area contributed by atoms with E-state index in [2.05, 4.69) is 27.6 Å². The number of aryl methyl sites for hydroxylation is 1. The fraction of sp³-hybridized carbons (Fsp3) is 0.765. The largest absolute Gasteiger partial charge is 0.355 e. The van der Waals surface area contributed by atoms with Gasteiger partial charge < -0.3 is 10.6 Å². The highest BCUT2D eigenvalue weighted by Crippen LogP contribution is 2.27. The molecule has 3 heterocycles. The van der Waals surface area contributed by atoms with Crippen molar-refractivity contribution in [1.82, 2.24) is 25.3 Å². The molecule has 0 aliphatic carbocycles. The van der Waals surface area contributed by atoms with Gasteiger partial charge in [0.05, 0.1) is 12.1 Å². The van der Waals surface area contributed by atoms with Gasteiger partial charge in [0, 0.05) is 51.4 Å². The van der Waals surface area contributed by atoms with Crippen LogP contribution in [0.3, 0.4) is 0 Å². The molecule has 144 valence electrons. The van der Waals surface area contributed by atoms with Gasteiger partial charge in [-0.15, -0.1) is 24.8 Å². The fourth-order valence-electron chi connectivity index (χ4n) is 3.88. The lowest BCUT2D eigenvalue weighted by Gasteiger charge is -2.33. The molecular weight excluding hydrogens is 361 g/mol. The first-order valence-electron chi connectivity index (χ1n) is 8.86. The topological polar surface area (TPSA) is 62.2 Å². The van der Waals surface area contributed by atoms with Crippen molar-refractivity contribution in [3.05, 3.63) is 18.0 Å². The third kappa shape index (κ3) is 5.58. The van der Waals surface area contributed by atoms with E-state index in [1.807, 2.05) is 19.4 Å². The summed E-state index contributed by atoms with van der Waals surface area (Å²) in [6.07, 6.45) is 7.81. The molecule has 0 saturated carbocycles. The quantitative estimate of drug-likeness (QED) is 0.799. The second kappa shape index (κ2) is 10.4. The molecule has 1 aromatic heterocycles. The van der Waals surface area contributed by atoms with Gasteiger partial charge in [-0.25, -0.2) is 0 Å². The van der Waals surface area contributed by atoms with Crippen LogP contribution in [0.2, 0.25) is 0 Å². The molecule has 25 heavy (non-hydrogen) atoms. The van der Waals surface area contributed by atoms with Gasteiger partial charge in [-0.05, 0) is 31.9 Å². The standard InChI is InChI=1S/C17H29N5O.2ClH/c1-13-5-3-4-7-22(13)8-6-19-17(23)16-11-18-10-15(16)14-9-20-21(2)12-14;;/h9,12-13,15-16,18H,3-8,10-11H2,1-2H3,(H,19,23);2*1H/t13?,15-,16+;;/m1../s1. The summed E-state index contributed by atoms with van der Waals surface area (Å²) in [4.78, 5) is 15.1. The molecule has 0 aromatic carbocycles. The Balaban J connectivity index is 0.00000156. The summed E-state index contributed by atoms with van der Waals surface area (Å²) in [5.41, 5.74) is 1.15. The third-order valence-corrected chi connectivity index (χ3v) is 5.34. The van der Waals surface area contributed by atoms with Gasteiger partial charge in [-0.1, -0.05) is 6.42 Å². The molecule has 0 radical (unpaired) electrons. The Labute approximate surface area is 162 Å². The van der Waals surface area contributed by atoms with Gasteiger partial charge in [-0.2, -0.15) is 5.10 Å². The van der Waals surface area contributed by atoms with Crippen LogP contribution in [0.25, 0.3) is 0 Å². The lowest BCUT2D eigenvalue weighted by atomic mass is 9.90. The van der Waals surface area contributed by atoms with Crippen molar-refractivity contribution in [2.75, 3.05) is 32.7 Å². The normalized spacial score (nSPS) is 26.6. The van der Waals surface area contributed by atoms with Crippen molar-refractivity contribution in [1.29, 1.82) is 0 Å². The molecule has 1 unspecified atom stereocenters. The third-order valence-electron chi connectivity index (χ3n) is 5.34. The second-order valence-corrected chi connectivity index (χ2v) is 6.99. The van der Waals surface area contributed by atoms with Crippen molar-refractivity contribution in [3.63, 3.8) is 0 Å². The van der Waals surface area contributed by atoms with Crippen LogP contribution in [0.4, 0.5) is 0 Å². The number of nitrogens with one attached hydrogen (secondary N) is 2. The highest BCUT2D eigenvalue weighted by atomic mass is 35.5. The van der Waals surface area contributed by atoms with Crippen molar-refractivity contribution >= 4 is 30.7 Å². The minimum absolute atomic E-state index is 0. The van der Waals surface area contributed by atoms with Crippen LogP contribution in [0, 0.1) is 5.92 Å². The van der Waals surface area contributed by atoms with Crippen LogP contribution < -0.4 is 10.6 Å². The summed E-state index contributed by atoms with van der Waals surface area (Å²) in [6.45, 7) is 6.78. The van der Waals surface area contributed by atoms with Crippen LogP contribution in [0.5, 0.6) is 0 Å². The summed E-state index contributed by atoms with van der Waals surface area (Å²) >= 11 is 0. The van der Waals surface area contributed by atoms with Gasteiger partial charge in [0.15, 0.2) is 0 Å². The minimum atomic E-state index is 0. The fourth-order valence-corrected chi connectivity index (χ4v) is 3.88. The first kappa shape index (κ1) is 22.2. The minimum Gasteiger partial charge on any atom is -0.355 e. The van der Waals surface area contributed by atoms with E-state index in [9.17, 15) is 4.79 Å². The number of amides is 1. The number of carbonyl (C=O) groups is 1. The van der Waals surface area contributed by atoms with Gasteiger partial charge >= 0.3 is 0 Å².